The second kappa shape index (κ2) is 8.06. The van der Waals surface area contributed by atoms with E-state index in [0.717, 1.165) is 24.4 Å². The Bertz CT molecular complexity index is 318. The number of likely N-dealkylation sites (N-methyl/N-ethyl adjacent to an activating group) is 1. The molecule has 17 heavy (non-hydrogen) atoms. The highest BCUT2D eigenvalue weighted by Crippen LogP contribution is 2.12. The Morgan fingerprint density at radius 1 is 1.35 bits per heavy atom. The first-order valence-electron chi connectivity index (χ1n) is 6.05. The summed E-state index contributed by atoms with van der Waals surface area (Å²) in [5.74, 6) is 0.855. The maximum atomic E-state index is 8.86. The maximum Gasteiger partial charge on any atom is 0.119 e. The lowest BCUT2D eigenvalue weighted by Gasteiger charge is -2.19. The number of nitrogens with two attached hydrogens (primary N) is 1. The molecule has 0 fully saturated rings. The van der Waals surface area contributed by atoms with Crippen molar-refractivity contribution in [2.75, 3.05) is 32.8 Å². The van der Waals surface area contributed by atoms with E-state index >= 15 is 0 Å². The van der Waals surface area contributed by atoms with Crippen LogP contribution in [0.1, 0.15) is 12.5 Å². The Morgan fingerprint density at radius 3 is 2.82 bits per heavy atom. The normalized spacial score (nSPS) is 10.8. The standard InChI is InChI=1S/C13H22N2O2/c1-2-15(6-8-16)7-9-17-13-5-3-4-12(10-13)11-14/h3-5,10,16H,2,6-9,11,14H2,1H3. The maximum absolute atomic E-state index is 8.86. The third kappa shape index (κ3) is 5.17. The summed E-state index contributed by atoms with van der Waals surface area (Å²) in [6.07, 6.45) is 0. The fourth-order valence-electron chi connectivity index (χ4n) is 1.62. The zero-order valence-corrected chi connectivity index (χ0v) is 10.4. The molecule has 0 amide bonds. The van der Waals surface area contributed by atoms with Crippen LogP contribution in [0.25, 0.3) is 0 Å². The van der Waals surface area contributed by atoms with Crippen LogP contribution < -0.4 is 10.5 Å². The summed E-state index contributed by atoms with van der Waals surface area (Å²) in [6, 6.07) is 7.82. The Hall–Kier alpha value is -1.10. The quantitative estimate of drug-likeness (QED) is 0.704. The summed E-state index contributed by atoms with van der Waals surface area (Å²) >= 11 is 0. The van der Waals surface area contributed by atoms with Gasteiger partial charge in [0.2, 0.25) is 0 Å². The van der Waals surface area contributed by atoms with E-state index in [1.54, 1.807) is 0 Å². The molecule has 0 aliphatic heterocycles. The summed E-state index contributed by atoms with van der Waals surface area (Å²) < 4.78 is 5.65. The van der Waals surface area contributed by atoms with Gasteiger partial charge in [-0.05, 0) is 24.2 Å². The third-order valence-electron chi connectivity index (χ3n) is 2.67. The molecule has 0 aliphatic carbocycles. The first kappa shape index (κ1) is 14.0. The molecule has 0 radical (unpaired) electrons. The molecular formula is C13H22N2O2. The van der Waals surface area contributed by atoms with Crippen molar-refractivity contribution in [2.24, 2.45) is 5.73 Å². The summed E-state index contributed by atoms with van der Waals surface area (Å²) in [4.78, 5) is 2.15. The lowest BCUT2D eigenvalue weighted by molar-refractivity contribution is 0.174. The van der Waals surface area contributed by atoms with Gasteiger partial charge in [-0.1, -0.05) is 19.1 Å². The molecule has 0 aliphatic rings. The SMILES string of the molecule is CCN(CCO)CCOc1cccc(CN)c1. The minimum atomic E-state index is 0.191. The highest BCUT2D eigenvalue weighted by atomic mass is 16.5. The van der Waals surface area contributed by atoms with Crippen LogP contribution in [0.2, 0.25) is 0 Å². The van der Waals surface area contributed by atoms with Crippen molar-refractivity contribution in [3.63, 3.8) is 0 Å². The lowest BCUT2D eigenvalue weighted by atomic mass is 10.2. The molecule has 1 rings (SSSR count). The molecule has 1 aromatic carbocycles. The van der Waals surface area contributed by atoms with Gasteiger partial charge in [0.05, 0.1) is 6.61 Å². The van der Waals surface area contributed by atoms with E-state index in [2.05, 4.69) is 11.8 Å². The highest BCUT2D eigenvalue weighted by molar-refractivity contribution is 5.28. The molecule has 3 N–H and O–H groups in total. The molecule has 0 spiro atoms. The highest BCUT2D eigenvalue weighted by Gasteiger charge is 2.01. The number of nitrogens with zero attached hydrogens (tertiary/aromatic N) is 1. The molecule has 96 valence electrons. The van der Waals surface area contributed by atoms with E-state index in [-0.39, 0.29) is 6.61 Å². The predicted molar refractivity (Wildman–Crippen MR) is 69.0 cm³/mol. The minimum Gasteiger partial charge on any atom is -0.492 e. The van der Waals surface area contributed by atoms with E-state index in [9.17, 15) is 0 Å². The van der Waals surface area contributed by atoms with Gasteiger partial charge in [0, 0.05) is 19.6 Å². The molecule has 4 heteroatoms. The van der Waals surface area contributed by atoms with Gasteiger partial charge in [0.15, 0.2) is 0 Å². The minimum absolute atomic E-state index is 0.191. The molecule has 0 aromatic heterocycles. The van der Waals surface area contributed by atoms with E-state index in [4.69, 9.17) is 15.6 Å². The van der Waals surface area contributed by atoms with Gasteiger partial charge in [0.1, 0.15) is 12.4 Å². The van der Waals surface area contributed by atoms with E-state index in [1.165, 1.54) is 0 Å². The molecule has 0 saturated carbocycles. The second-order valence-electron chi connectivity index (χ2n) is 3.86. The summed E-state index contributed by atoms with van der Waals surface area (Å²) in [5.41, 5.74) is 6.64. The number of hydrogen-bond donors (Lipinski definition) is 2. The number of aliphatic hydroxyl groups excluding tert-OH is 1. The van der Waals surface area contributed by atoms with Crippen molar-refractivity contribution in [3.05, 3.63) is 29.8 Å². The van der Waals surface area contributed by atoms with Crippen molar-refractivity contribution in [1.29, 1.82) is 0 Å². The molecular weight excluding hydrogens is 216 g/mol. The van der Waals surface area contributed by atoms with Gasteiger partial charge in [-0.2, -0.15) is 0 Å². The van der Waals surface area contributed by atoms with Gasteiger partial charge in [-0.3, -0.25) is 4.90 Å². The largest absolute Gasteiger partial charge is 0.492 e. The molecule has 0 bridgehead atoms. The average Bonchev–Trinajstić information content (AvgIpc) is 2.38. The predicted octanol–water partition coefficient (Wildman–Crippen LogP) is 0.838. The van der Waals surface area contributed by atoms with E-state index in [0.29, 0.717) is 19.7 Å². The van der Waals surface area contributed by atoms with Gasteiger partial charge < -0.3 is 15.6 Å². The van der Waals surface area contributed by atoms with Crippen molar-refractivity contribution >= 4 is 0 Å². The van der Waals surface area contributed by atoms with Crippen LogP contribution >= 0.6 is 0 Å². The second-order valence-corrected chi connectivity index (χ2v) is 3.86. The van der Waals surface area contributed by atoms with Crippen LogP contribution in [0.15, 0.2) is 24.3 Å². The van der Waals surface area contributed by atoms with E-state index < -0.39 is 0 Å². The zero-order chi connectivity index (χ0) is 12.5. The first-order chi connectivity index (χ1) is 8.30. The van der Waals surface area contributed by atoms with Gasteiger partial charge in [-0.25, -0.2) is 0 Å². The first-order valence-corrected chi connectivity index (χ1v) is 6.05. The monoisotopic (exact) mass is 238 g/mol. The Morgan fingerprint density at radius 2 is 2.18 bits per heavy atom. The molecule has 4 nitrogen and oxygen atoms in total. The van der Waals surface area contributed by atoms with Gasteiger partial charge in [-0.15, -0.1) is 0 Å². The topological polar surface area (TPSA) is 58.7 Å². The van der Waals surface area contributed by atoms with Crippen molar-refractivity contribution < 1.29 is 9.84 Å². The van der Waals surface area contributed by atoms with Crippen LogP contribution in [0.3, 0.4) is 0 Å². The van der Waals surface area contributed by atoms with Gasteiger partial charge in [0.25, 0.3) is 0 Å². The molecule has 0 saturated heterocycles. The van der Waals surface area contributed by atoms with Crippen LogP contribution in [-0.4, -0.2) is 42.9 Å². The van der Waals surface area contributed by atoms with Crippen LogP contribution in [-0.2, 0) is 6.54 Å². The number of aliphatic hydroxyl groups is 1. The fourth-order valence-corrected chi connectivity index (χ4v) is 1.62. The molecule has 1 aromatic rings. The van der Waals surface area contributed by atoms with Crippen molar-refractivity contribution in [1.82, 2.24) is 4.90 Å². The van der Waals surface area contributed by atoms with Crippen molar-refractivity contribution in [2.45, 2.75) is 13.5 Å². The Labute approximate surface area is 103 Å². The average molecular weight is 238 g/mol. The van der Waals surface area contributed by atoms with Crippen LogP contribution in [0, 0.1) is 0 Å². The molecule has 0 heterocycles. The lowest BCUT2D eigenvalue weighted by Crippen LogP contribution is -2.30. The number of hydrogen-bond acceptors (Lipinski definition) is 4. The molecule has 0 unspecified atom stereocenters. The summed E-state index contributed by atoms with van der Waals surface area (Å²) in [6.45, 7) is 5.87. The third-order valence-corrected chi connectivity index (χ3v) is 2.67. The number of ether oxygens (including phenoxy) is 1. The van der Waals surface area contributed by atoms with Crippen LogP contribution in [0.4, 0.5) is 0 Å². The smallest absolute Gasteiger partial charge is 0.119 e. The fraction of sp³-hybridized carbons (Fsp3) is 0.538. The Balaban J connectivity index is 2.34. The number of benzene rings is 1. The summed E-state index contributed by atoms with van der Waals surface area (Å²) in [7, 11) is 0. The van der Waals surface area contributed by atoms with Gasteiger partial charge >= 0.3 is 0 Å². The summed E-state index contributed by atoms with van der Waals surface area (Å²) in [5, 5.41) is 8.86. The Kier molecular flexibility index (Phi) is 6.62. The van der Waals surface area contributed by atoms with Crippen molar-refractivity contribution in [3.8, 4) is 5.75 Å². The molecule has 0 atom stereocenters. The zero-order valence-electron chi connectivity index (χ0n) is 10.4. The number of rotatable bonds is 8. The van der Waals surface area contributed by atoms with Crippen LogP contribution in [0.5, 0.6) is 5.75 Å². The van der Waals surface area contributed by atoms with E-state index in [1.807, 2.05) is 24.3 Å².